The van der Waals surface area contributed by atoms with Crippen molar-refractivity contribution in [2.75, 3.05) is 0 Å². The molecule has 0 saturated heterocycles. The van der Waals surface area contributed by atoms with E-state index in [-0.39, 0.29) is 0 Å². The Labute approximate surface area is 263 Å². The predicted molar refractivity (Wildman–Crippen MR) is 131 cm³/mol. The average Bonchev–Trinajstić information content (AvgIpc) is 3.34. The molecule has 0 spiro atoms. The van der Waals surface area contributed by atoms with Crippen molar-refractivity contribution in [3.05, 3.63) is 122 Å². The quantitative estimate of drug-likeness (QED) is 0.0777. The van der Waals surface area contributed by atoms with Gasteiger partial charge >= 0.3 is 13.0 Å². The third-order valence-electron chi connectivity index (χ3n) is 7.43. The molecule has 1 aliphatic carbocycles. The van der Waals surface area contributed by atoms with Crippen molar-refractivity contribution in [1.29, 1.82) is 0 Å². The summed E-state index contributed by atoms with van der Waals surface area (Å²) < 4.78 is 273. The van der Waals surface area contributed by atoms with Gasteiger partial charge in [0.15, 0.2) is 69.7 Å². The highest BCUT2D eigenvalue weighted by molar-refractivity contribution is 6.65. The molecule has 0 N–H and O–H groups in total. The van der Waals surface area contributed by atoms with Crippen LogP contribution in [0.1, 0.15) is 11.1 Å². The van der Waals surface area contributed by atoms with E-state index in [9.17, 15) is 57.1 Å². The molecule has 0 aromatic heterocycles. The smallest absolute Gasteiger partial charge is 0.519 e. The molecule has 0 bridgehead atoms. The molecule has 6 rings (SSSR count). The van der Waals surface area contributed by atoms with E-state index in [4.69, 9.17) is 4.65 Å². The summed E-state index contributed by atoms with van der Waals surface area (Å²) in [5.41, 5.74) is -11.2. The van der Waals surface area contributed by atoms with Gasteiger partial charge in [0, 0.05) is 27.4 Å². The van der Waals surface area contributed by atoms with Crippen LogP contribution >= 0.6 is 0 Å². The number of benzene rings is 5. The van der Waals surface area contributed by atoms with Gasteiger partial charge in [-0.3, -0.25) is 0 Å². The highest BCUT2D eigenvalue weighted by Crippen LogP contribution is 2.58. The number of fused-ring (bicyclic) bond motifs is 4. The summed E-state index contributed by atoms with van der Waals surface area (Å²) in [6.07, 6.45) is 0. The molecule has 0 fully saturated rings. The van der Waals surface area contributed by atoms with Crippen LogP contribution in [-0.2, 0) is 5.92 Å². The number of rotatable bonds is 5. The average molecular weight is 736 g/mol. The highest BCUT2D eigenvalue weighted by atomic mass is 19.3. The molecule has 1 aliphatic rings. The molecule has 2 nitrogen and oxygen atoms in total. The van der Waals surface area contributed by atoms with Gasteiger partial charge in [-0.15, -0.1) is 0 Å². The zero-order chi connectivity index (χ0) is 37.0. The molecular weight excluding hydrogens is 733 g/mol. The zero-order valence-corrected chi connectivity index (χ0v) is 22.9. The first-order chi connectivity index (χ1) is 23.3. The second kappa shape index (κ2) is 11.4. The molecule has 50 heavy (non-hydrogen) atoms. The first kappa shape index (κ1) is 34.6. The lowest BCUT2D eigenvalue weighted by Gasteiger charge is -2.23. The Bertz CT molecular complexity index is 2320. The fourth-order valence-corrected chi connectivity index (χ4v) is 5.24. The van der Waals surface area contributed by atoms with Gasteiger partial charge in [0.1, 0.15) is 0 Å². The Morgan fingerprint density at radius 2 is 0.800 bits per heavy atom. The van der Waals surface area contributed by atoms with Crippen molar-refractivity contribution in [3.8, 4) is 22.6 Å². The van der Waals surface area contributed by atoms with Crippen LogP contribution in [0.3, 0.4) is 0 Å². The topological polar surface area (TPSA) is 18.5 Å². The number of hydrogen-bond acceptors (Lipinski definition) is 2. The summed E-state index contributed by atoms with van der Waals surface area (Å²) >= 11 is 0. The molecule has 0 saturated carbocycles. The van der Waals surface area contributed by atoms with Crippen molar-refractivity contribution in [3.63, 3.8) is 0 Å². The van der Waals surface area contributed by atoms with Gasteiger partial charge in [0.2, 0.25) is 34.9 Å². The van der Waals surface area contributed by atoms with Crippen LogP contribution in [-0.4, -0.2) is 7.12 Å². The van der Waals surface area contributed by atoms with Crippen molar-refractivity contribution in [2.24, 2.45) is 0 Å². The van der Waals surface area contributed by atoms with Crippen LogP contribution in [0, 0.1) is 93.1 Å². The SMILES string of the molecule is Fc1c(F)c(F)c(OB(Oc2c(F)c(F)c(F)c3c2C(F)(F)c2c(F)c(F)c(F)c(F)c2-3)c2cccc3c(F)c(F)c(F)c(F)c23)c(F)c1F. The largest absolute Gasteiger partial charge is 0.633 e. The van der Waals surface area contributed by atoms with Crippen LogP contribution in [0.2, 0.25) is 0 Å². The Hall–Kier alpha value is -5.24. The van der Waals surface area contributed by atoms with Gasteiger partial charge in [-0.05, 0) is 0 Å². The van der Waals surface area contributed by atoms with E-state index >= 15 is 22.0 Å². The molecule has 0 atom stereocenters. The molecule has 260 valence electrons. The van der Waals surface area contributed by atoms with Gasteiger partial charge in [0.25, 0.3) is 0 Å². The Morgan fingerprint density at radius 1 is 0.400 bits per heavy atom. The monoisotopic (exact) mass is 736 g/mol. The second-order valence-electron chi connectivity index (χ2n) is 10.1. The van der Waals surface area contributed by atoms with Crippen molar-refractivity contribution >= 4 is 23.4 Å². The minimum atomic E-state index is -5.49. The summed E-state index contributed by atoms with van der Waals surface area (Å²) in [6.45, 7) is 0. The van der Waals surface area contributed by atoms with Crippen molar-refractivity contribution < 1.29 is 88.3 Å². The van der Waals surface area contributed by atoms with Crippen LogP contribution < -0.4 is 14.8 Å². The summed E-state index contributed by atoms with van der Waals surface area (Å²) in [5.74, 6) is -55.0. The summed E-state index contributed by atoms with van der Waals surface area (Å²) in [4.78, 5) is 0. The van der Waals surface area contributed by atoms with E-state index in [0.717, 1.165) is 0 Å². The number of halogens is 18. The van der Waals surface area contributed by atoms with Crippen molar-refractivity contribution in [1.82, 2.24) is 0 Å². The van der Waals surface area contributed by atoms with Crippen LogP contribution in [0.25, 0.3) is 21.9 Å². The van der Waals surface area contributed by atoms with E-state index < -0.39 is 156 Å². The number of alkyl halides is 2. The fourth-order valence-electron chi connectivity index (χ4n) is 5.24. The fraction of sp³-hybridized carbons (Fsp3) is 0.0345. The van der Waals surface area contributed by atoms with E-state index in [1.165, 1.54) is 0 Å². The summed E-state index contributed by atoms with van der Waals surface area (Å²) in [6, 6.07) is 1.32. The summed E-state index contributed by atoms with van der Waals surface area (Å²) in [7, 11) is -3.50. The molecule has 0 amide bonds. The van der Waals surface area contributed by atoms with E-state index in [2.05, 4.69) is 4.65 Å². The maximum Gasteiger partial charge on any atom is 0.633 e. The normalized spacial score (nSPS) is 13.2. The molecule has 0 aliphatic heterocycles. The molecule has 0 heterocycles. The first-order valence-corrected chi connectivity index (χ1v) is 12.8. The maximum atomic E-state index is 15.7. The highest BCUT2D eigenvalue weighted by Gasteiger charge is 2.56. The maximum absolute atomic E-state index is 15.7. The Balaban J connectivity index is 1.71. The minimum Gasteiger partial charge on any atom is -0.519 e. The van der Waals surface area contributed by atoms with Crippen LogP contribution in [0.15, 0.2) is 18.2 Å². The Morgan fingerprint density at radius 3 is 1.38 bits per heavy atom. The third-order valence-corrected chi connectivity index (χ3v) is 7.43. The van der Waals surface area contributed by atoms with Crippen molar-refractivity contribution in [2.45, 2.75) is 5.92 Å². The van der Waals surface area contributed by atoms with Gasteiger partial charge in [-0.2, -0.15) is 22.0 Å². The predicted octanol–water partition coefficient (Wildman–Crippen LogP) is 9.04. The van der Waals surface area contributed by atoms with Crippen LogP contribution in [0.4, 0.5) is 79.0 Å². The molecular formula is C29H3BF18O2. The Kier molecular flexibility index (Phi) is 7.90. The van der Waals surface area contributed by atoms with Gasteiger partial charge in [-0.25, -0.2) is 57.1 Å². The number of hydrogen-bond donors (Lipinski definition) is 0. The molecule has 5 aromatic carbocycles. The zero-order valence-electron chi connectivity index (χ0n) is 22.9. The van der Waals surface area contributed by atoms with Crippen LogP contribution in [0.5, 0.6) is 11.5 Å². The van der Waals surface area contributed by atoms with Gasteiger partial charge in [-0.1, -0.05) is 18.2 Å². The third kappa shape index (κ3) is 4.50. The van der Waals surface area contributed by atoms with Gasteiger partial charge in [0.05, 0.1) is 11.1 Å². The lowest BCUT2D eigenvalue weighted by atomic mass is 9.75. The van der Waals surface area contributed by atoms with E-state index in [1.807, 2.05) is 0 Å². The molecule has 5 aromatic rings. The first-order valence-electron chi connectivity index (χ1n) is 12.8. The second-order valence-corrected chi connectivity index (χ2v) is 10.1. The lowest BCUT2D eigenvalue weighted by Crippen LogP contribution is -2.45. The van der Waals surface area contributed by atoms with E-state index in [1.54, 1.807) is 0 Å². The van der Waals surface area contributed by atoms with Gasteiger partial charge < -0.3 is 9.31 Å². The standard InChI is InChI=1S/C29H3BF18O2/c31-11-4-2-1-3-5(6(4)12(32)17(37)16(11)36)30(50-28-25(45)22(42)21(41)23(43)26(28)46)49-27-10-8(14(34)19(39)24(27)44)7-9(29(10,47)48)15(35)20(40)18(38)13(7)33/h1-3H. The summed E-state index contributed by atoms with van der Waals surface area (Å²) in [5, 5.41) is -2.98. The van der Waals surface area contributed by atoms with E-state index in [0.29, 0.717) is 18.2 Å². The molecule has 0 radical (unpaired) electrons. The minimum absolute atomic E-state index is 0.327. The molecule has 21 heteroatoms. The molecule has 0 unspecified atom stereocenters. The lowest BCUT2D eigenvalue weighted by molar-refractivity contribution is 0.0404.